The Morgan fingerprint density at radius 3 is 2.81 bits per heavy atom. The summed E-state index contributed by atoms with van der Waals surface area (Å²) in [4.78, 5) is 10.7. The highest BCUT2D eigenvalue weighted by molar-refractivity contribution is 5.55. The smallest absolute Gasteiger partial charge is 0.298 e. The summed E-state index contributed by atoms with van der Waals surface area (Å²) in [6, 6.07) is 6.89. The molecule has 0 bridgehead atoms. The summed E-state index contributed by atoms with van der Waals surface area (Å²) >= 11 is 0. The van der Waals surface area contributed by atoms with Crippen LogP contribution in [0, 0.1) is 10.1 Å². The largest absolute Gasteiger partial charge is 0.496 e. The van der Waals surface area contributed by atoms with E-state index in [4.69, 9.17) is 4.74 Å². The van der Waals surface area contributed by atoms with Gasteiger partial charge in [0.1, 0.15) is 11.4 Å². The maximum absolute atomic E-state index is 11.2. The quantitative estimate of drug-likeness (QED) is 0.652. The molecule has 1 N–H and O–H groups in total. The number of nitrogens with one attached hydrogen (secondary N) is 1. The van der Waals surface area contributed by atoms with Crippen LogP contribution in [0.15, 0.2) is 30.5 Å². The number of nitro groups is 1. The third-order valence-corrected chi connectivity index (χ3v) is 2.96. The molecule has 7 nitrogen and oxygen atoms in total. The predicted molar refractivity (Wildman–Crippen MR) is 78.7 cm³/mol. The fraction of sp³-hybridized carbons (Fsp3) is 0.357. The molecule has 0 spiro atoms. The molecule has 0 aliphatic carbocycles. The summed E-state index contributed by atoms with van der Waals surface area (Å²) in [5.74, 6) is 0.444. The van der Waals surface area contributed by atoms with Crippen LogP contribution in [0.3, 0.4) is 0 Å². The van der Waals surface area contributed by atoms with Crippen molar-refractivity contribution in [3.63, 3.8) is 0 Å². The zero-order valence-electron chi connectivity index (χ0n) is 12.2. The number of ether oxygens (including phenoxy) is 1. The van der Waals surface area contributed by atoms with Crippen molar-refractivity contribution < 1.29 is 9.66 Å². The summed E-state index contributed by atoms with van der Waals surface area (Å²) in [7, 11) is 1.47. The topological polar surface area (TPSA) is 82.2 Å². The van der Waals surface area contributed by atoms with Gasteiger partial charge in [0, 0.05) is 18.8 Å². The van der Waals surface area contributed by atoms with Crippen molar-refractivity contribution in [2.75, 3.05) is 7.11 Å². The summed E-state index contributed by atoms with van der Waals surface area (Å²) in [6.45, 7) is 4.71. The number of nitrogens with zero attached hydrogens (tertiary/aromatic N) is 3. The molecule has 2 rings (SSSR count). The van der Waals surface area contributed by atoms with Gasteiger partial charge >= 0.3 is 0 Å². The van der Waals surface area contributed by atoms with Gasteiger partial charge in [0.05, 0.1) is 23.8 Å². The van der Waals surface area contributed by atoms with E-state index in [0.29, 0.717) is 24.0 Å². The van der Waals surface area contributed by atoms with E-state index in [1.807, 2.05) is 19.9 Å². The van der Waals surface area contributed by atoms with Crippen molar-refractivity contribution in [1.82, 2.24) is 15.1 Å². The van der Waals surface area contributed by atoms with Gasteiger partial charge in [-0.1, -0.05) is 13.8 Å². The second kappa shape index (κ2) is 6.36. The monoisotopic (exact) mass is 290 g/mol. The molecule has 1 heterocycles. The molecule has 0 saturated heterocycles. The van der Waals surface area contributed by atoms with Crippen LogP contribution in [0.1, 0.15) is 19.5 Å². The minimum Gasteiger partial charge on any atom is -0.496 e. The molecule has 0 saturated carbocycles. The molecule has 2 aromatic rings. The van der Waals surface area contributed by atoms with Crippen LogP contribution < -0.4 is 10.1 Å². The minimum absolute atomic E-state index is 0.0409. The molecular weight excluding hydrogens is 272 g/mol. The van der Waals surface area contributed by atoms with E-state index in [1.165, 1.54) is 17.9 Å². The van der Waals surface area contributed by atoms with E-state index in [2.05, 4.69) is 10.4 Å². The van der Waals surface area contributed by atoms with E-state index in [-0.39, 0.29) is 5.69 Å². The third-order valence-electron chi connectivity index (χ3n) is 2.96. The van der Waals surface area contributed by atoms with Crippen LogP contribution in [-0.4, -0.2) is 27.9 Å². The first-order valence-corrected chi connectivity index (χ1v) is 6.62. The van der Waals surface area contributed by atoms with Crippen LogP contribution in [-0.2, 0) is 6.54 Å². The first-order chi connectivity index (χ1) is 10.0. The second-order valence-electron chi connectivity index (χ2n) is 4.90. The van der Waals surface area contributed by atoms with E-state index in [9.17, 15) is 10.1 Å². The Morgan fingerprint density at radius 1 is 1.43 bits per heavy atom. The summed E-state index contributed by atoms with van der Waals surface area (Å²) < 4.78 is 6.53. The Morgan fingerprint density at radius 2 is 2.19 bits per heavy atom. The zero-order chi connectivity index (χ0) is 15.4. The maximum Gasteiger partial charge on any atom is 0.298 e. The van der Waals surface area contributed by atoms with Crippen molar-refractivity contribution in [2.24, 2.45) is 0 Å². The first-order valence-electron chi connectivity index (χ1n) is 6.62. The van der Waals surface area contributed by atoms with E-state index >= 15 is 0 Å². The lowest BCUT2D eigenvalue weighted by molar-refractivity contribution is -0.384. The first kappa shape index (κ1) is 15.0. The van der Waals surface area contributed by atoms with Crippen LogP contribution in [0.5, 0.6) is 5.75 Å². The van der Waals surface area contributed by atoms with Crippen molar-refractivity contribution in [3.05, 3.63) is 46.3 Å². The number of aromatic nitrogens is 2. The summed E-state index contributed by atoms with van der Waals surface area (Å²) in [5.41, 5.74) is 1.20. The fourth-order valence-electron chi connectivity index (χ4n) is 1.87. The normalized spacial score (nSPS) is 10.9. The number of hydrogen-bond donors (Lipinski definition) is 1. The SMILES string of the molecule is COc1ccc(-n2ccc(CNC(C)C)n2)c([N+](=O)[O-])c1. The van der Waals surface area contributed by atoms with Gasteiger partial charge in [-0.2, -0.15) is 5.10 Å². The molecule has 0 aliphatic heterocycles. The van der Waals surface area contributed by atoms with Gasteiger partial charge in [-0.15, -0.1) is 0 Å². The van der Waals surface area contributed by atoms with Crippen LogP contribution in [0.4, 0.5) is 5.69 Å². The second-order valence-corrected chi connectivity index (χ2v) is 4.90. The highest BCUT2D eigenvalue weighted by Gasteiger charge is 2.17. The van der Waals surface area contributed by atoms with E-state index in [1.54, 1.807) is 18.3 Å². The Balaban J connectivity index is 2.31. The van der Waals surface area contributed by atoms with Crippen molar-refractivity contribution in [1.29, 1.82) is 0 Å². The Kier molecular flexibility index (Phi) is 4.54. The Bertz CT molecular complexity index is 637. The number of hydrogen-bond acceptors (Lipinski definition) is 5. The molecule has 0 fully saturated rings. The molecule has 0 radical (unpaired) electrons. The molecule has 0 amide bonds. The lowest BCUT2D eigenvalue weighted by Crippen LogP contribution is -2.22. The van der Waals surface area contributed by atoms with E-state index in [0.717, 1.165) is 5.69 Å². The molecule has 0 atom stereocenters. The van der Waals surface area contributed by atoms with Crippen molar-refractivity contribution >= 4 is 5.69 Å². The standard InChI is InChI=1S/C14H18N4O3/c1-10(2)15-9-11-6-7-17(16-11)13-5-4-12(21-3)8-14(13)18(19)20/h4-8,10,15H,9H2,1-3H3. The zero-order valence-corrected chi connectivity index (χ0v) is 12.2. The van der Waals surface area contributed by atoms with Gasteiger partial charge in [-0.05, 0) is 18.2 Å². The molecule has 112 valence electrons. The van der Waals surface area contributed by atoms with E-state index < -0.39 is 4.92 Å². The maximum atomic E-state index is 11.2. The molecule has 1 aromatic carbocycles. The van der Waals surface area contributed by atoms with Crippen molar-refractivity contribution in [2.45, 2.75) is 26.4 Å². The number of rotatable bonds is 6. The average molecular weight is 290 g/mol. The van der Waals surface area contributed by atoms with Gasteiger partial charge in [0.15, 0.2) is 0 Å². The summed E-state index contributed by atoms with van der Waals surface area (Å²) in [5, 5.41) is 18.8. The number of benzene rings is 1. The molecule has 1 aromatic heterocycles. The third kappa shape index (κ3) is 3.57. The van der Waals surface area contributed by atoms with Gasteiger partial charge < -0.3 is 10.1 Å². The number of methoxy groups -OCH3 is 1. The minimum atomic E-state index is -0.439. The molecular formula is C14H18N4O3. The Hall–Kier alpha value is -2.41. The van der Waals surface area contributed by atoms with Gasteiger partial charge in [-0.3, -0.25) is 10.1 Å². The average Bonchev–Trinajstić information content (AvgIpc) is 2.93. The van der Waals surface area contributed by atoms with Crippen LogP contribution >= 0.6 is 0 Å². The lowest BCUT2D eigenvalue weighted by Gasteiger charge is -2.06. The molecule has 0 unspecified atom stereocenters. The van der Waals surface area contributed by atoms with Crippen LogP contribution in [0.25, 0.3) is 5.69 Å². The van der Waals surface area contributed by atoms with Gasteiger partial charge in [0.2, 0.25) is 0 Å². The fourth-order valence-corrected chi connectivity index (χ4v) is 1.87. The number of nitro benzene ring substituents is 1. The Labute approximate surface area is 122 Å². The molecule has 21 heavy (non-hydrogen) atoms. The van der Waals surface area contributed by atoms with Crippen molar-refractivity contribution in [3.8, 4) is 11.4 Å². The predicted octanol–water partition coefficient (Wildman–Crippen LogP) is 2.29. The highest BCUT2D eigenvalue weighted by Crippen LogP contribution is 2.27. The highest BCUT2D eigenvalue weighted by atomic mass is 16.6. The molecule has 7 heteroatoms. The van der Waals surface area contributed by atoms with Gasteiger partial charge in [-0.25, -0.2) is 4.68 Å². The lowest BCUT2D eigenvalue weighted by atomic mass is 10.2. The van der Waals surface area contributed by atoms with Gasteiger partial charge in [0.25, 0.3) is 5.69 Å². The summed E-state index contributed by atoms with van der Waals surface area (Å²) in [6.07, 6.45) is 1.71. The van der Waals surface area contributed by atoms with Crippen LogP contribution in [0.2, 0.25) is 0 Å². The molecule has 0 aliphatic rings.